The predicted octanol–water partition coefficient (Wildman–Crippen LogP) is -0.372. The summed E-state index contributed by atoms with van der Waals surface area (Å²) in [6.07, 6.45) is 0. The quantitative estimate of drug-likeness (QED) is 0.771. The molecule has 9 nitrogen and oxygen atoms in total. The minimum Gasteiger partial charge on any atom is -0.480 e. The zero-order valence-corrected chi connectivity index (χ0v) is 12.1. The number of aryl methyl sites for hydroxylation is 1. The molecule has 0 saturated carbocycles. The SMILES string of the molecule is C[C@@H](NS(=O)(=O)c1cccc(-c2nnnn2C)c1)C(=O)O. The number of sulfonamides is 1. The lowest BCUT2D eigenvalue weighted by Crippen LogP contribution is -2.38. The standard InChI is InChI=1S/C11H13N5O4S/c1-7(11(17)18)13-21(19,20)9-5-3-4-8(6-9)10-12-14-15-16(10)2/h3-7,13H,1-2H3,(H,17,18)/t7-/m1/s1. The third-order valence-electron chi connectivity index (χ3n) is 2.73. The zero-order chi connectivity index (χ0) is 15.6. The molecule has 1 aromatic heterocycles. The van der Waals surface area contributed by atoms with Gasteiger partial charge >= 0.3 is 5.97 Å². The van der Waals surface area contributed by atoms with Crippen LogP contribution in [0, 0.1) is 0 Å². The molecule has 0 saturated heterocycles. The van der Waals surface area contributed by atoms with Gasteiger partial charge in [-0.1, -0.05) is 12.1 Å². The first-order valence-electron chi connectivity index (χ1n) is 5.89. The van der Waals surface area contributed by atoms with Crippen LogP contribution in [0.15, 0.2) is 29.2 Å². The first-order valence-corrected chi connectivity index (χ1v) is 7.37. The fourth-order valence-corrected chi connectivity index (χ4v) is 2.87. The van der Waals surface area contributed by atoms with Gasteiger partial charge in [0.15, 0.2) is 5.82 Å². The summed E-state index contributed by atoms with van der Waals surface area (Å²) in [5, 5.41) is 19.7. The summed E-state index contributed by atoms with van der Waals surface area (Å²) in [5.41, 5.74) is 0.508. The zero-order valence-electron chi connectivity index (χ0n) is 11.3. The monoisotopic (exact) mass is 311 g/mol. The van der Waals surface area contributed by atoms with Crippen LogP contribution in [0.2, 0.25) is 0 Å². The van der Waals surface area contributed by atoms with Crippen LogP contribution >= 0.6 is 0 Å². The Kier molecular flexibility index (Phi) is 4.00. The Labute approximate surface area is 120 Å². The third kappa shape index (κ3) is 3.23. The van der Waals surface area contributed by atoms with E-state index in [4.69, 9.17) is 5.11 Å². The van der Waals surface area contributed by atoms with Gasteiger partial charge in [0.05, 0.1) is 4.90 Å². The molecule has 1 aromatic carbocycles. The molecule has 0 aliphatic heterocycles. The molecule has 2 aromatic rings. The molecule has 0 spiro atoms. The van der Waals surface area contributed by atoms with Gasteiger partial charge in [-0.25, -0.2) is 13.1 Å². The van der Waals surface area contributed by atoms with Crippen molar-refractivity contribution in [2.75, 3.05) is 0 Å². The summed E-state index contributed by atoms with van der Waals surface area (Å²) in [6.45, 7) is 1.25. The smallest absolute Gasteiger partial charge is 0.321 e. The van der Waals surface area contributed by atoms with Crippen molar-refractivity contribution in [3.05, 3.63) is 24.3 Å². The average Bonchev–Trinajstić information content (AvgIpc) is 2.84. The fourth-order valence-electron chi connectivity index (χ4n) is 1.63. The number of carbonyl (C=O) groups is 1. The van der Waals surface area contributed by atoms with Crippen molar-refractivity contribution in [3.8, 4) is 11.4 Å². The van der Waals surface area contributed by atoms with Crippen LogP contribution in [0.25, 0.3) is 11.4 Å². The van der Waals surface area contributed by atoms with E-state index in [1.54, 1.807) is 13.1 Å². The lowest BCUT2D eigenvalue weighted by atomic mass is 10.2. The number of benzene rings is 1. The molecule has 1 atom stereocenters. The molecule has 0 bridgehead atoms. The second-order valence-electron chi connectivity index (χ2n) is 4.34. The molecule has 0 amide bonds. The van der Waals surface area contributed by atoms with Gasteiger partial charge in [0, 0.05) is 12.6 Å². The van der Waals surface area contributed by atoms with E-state index in [2.05, 4.69) is 20.2 Å². The van der Waals surface area contributed by atoms with Crippen LogP contribution in [0.4, 0.5) is 0 Å². The number of carboxylic acid groups (broad SMARTS) is 1. The molecule has 2 N–H and O–H groups in total. The molecular formula is C11H13N5O4S. The summed E-state index contributed by atoms with van der Waals surface area (Å²) >= 11 is 0. The maximum absolute atomic E-state index is 12.1. The largest absolute Gasteiger partial charge is 0.480 e. The first-order chi connectivity index (χ1) is 9.81. The Morgan fingerprint density at radius 2 is 2.14 bits per heavy atom. The van der Waals surface area contributed by atoms with Gasteiger partial charge in [-0.3, -0.25) is 4.79 Å². The van der Waals surface area contributed by atoms with E-state index >= 15 is 0 Å². The van der Waals surface area contributed by atoms with Crippen molar-refractivity contribution in [1.82, 2.24) is 24.9 Å². The number of tetrazole rings is 1. The molecule has 2 rings (SSSR count). The van der Waals surface area contributed by atoms with E-state index in [-0.39, 0.29) is 4.90 Å². The maximum Gasteiger partial charge on any atom is 0.321 e. The third-order valence-corrected chi connectivity index (χ3v) is 4.26. The Balaban J connectivity index is 2.37. The Hall–Kier alpha value is -2.33. The second-order valence-corrected chi connectivity index (χ2v) is 6.05. The normalized spacial score (nSPS) is 13.0. The van der Waals surface area contributed by atoms with E-state index in [0.717, 1.165) is 0 Å². The molecule has 0 aliphatic carbocycles. The van der Waals surface area contributed by atoms with E-state index in [1.165, 1.54) is 29.8 Å². The summed E-state index contributed by atoms with van der Waals surface area (Å²) < 4.78 is 27.7. The van der Waals surface area contributed by atoms with E-state index < -0.39 is 22.0 Å². The molecule has 1 heterocycles. The summed E-state index contributed by atoms with van der Waals surface area (Å²) in [4.78, 5) is 10.7. The second kappa shape index (κ2) is 5.58. The highest BCUT2D eigenvalue weighted by Gasteiger charge is 2.22. The van der Waals surface area contributed by atoms with Crippen LogP contribution in [-0.4, -0.2) is 45.7 Å². The average molecular weight is 311 g/mol. The molecule has 0 fully saturated rings. The number of aromatic nitrogens is 4. The Bertz CT molecular complexity index is 770. The summed E-state index contributed by atoms with van der Waals surface area (Å²) in [7, 11) is -2.31. The van der Waals surface area contributed by atoms with Gasteiger partial charge in [0.25, 0.3) is 0 Å². The van der Waals surface area contributed by atoms with Crippen LogP contribution in [-0.2, 0) is 21.9 Å². The highest BCUT2D eigenvalue weighted by molar-refractivity contribution is 7.89. The van der Waals surface area contributed by atoms with Gasteiger partial charge in [-0.05, 0) is 29.5 Å². The molecule has 21 heavy (non-hydrogen) atoms. The molecule has 0 unspecified atom stereocenters. The van der Waals surface area contributed by atoms with Crippen molar-refractivity contribution in [3.63, 3.8) is 0 Å². The van der Waals surface area contributed by atoms with Gasteiger partial charge in [0.1, 0.15) is 6.04 Å². The van der Waals surface area contributed by atoms with Gasteiger partial charge < -0.3 is 5.11 Å². The predicted molar refractivity (Wildman–Crippen MR) is 71.7 cm³/mol. The van der Waals surface area contributed by atoms with Crippen LogP contribution < -0.4 is 4.72 Å². The van der Waals surface area contributed by atoms with Gasteiger partial charge in [-0.2, -0.15) is 4.72 Å². The Morgan fingerprint density at radius 3 is 2.71 bits per heavy atom. The van der Waals surface area contributed by atoms with Crippen molar-refractivity contribution in [1.29, 1.82) is 0 Å². The number of nitrogens with one attached hydrogen (secondary N) is 1. The minimum atomic E-state index is -3.94. The van der Waals surface area contributed by atoms with E-state index in [9.17, 15) is 13.2 Å². The van der Waals surface area contributed by atoms with Crippen molar-refractivity contribution in [2.24, 2.45) is 7.05 Å². The molecule has 10 heteroatoms. The number of carboxylic acids is 1. The minimum absolute atomic E-state index is 0.0592. The topological polar surface area (TPSA) is 127 Å². The van der Waals surface area contributed by atoms with Gasteiger partial charge in [0.2, 0.25) is 10.0 Å². The summed E-state index contributed by atoms with van der Waals surface area (Å²) in [5.74, 6) is -0.856. The number of hydrogen-bond donors (Lipinski definition) is 2. The van der Waals surface area contributed by atoms with Crippen molar-refractivity contribution in [2.45, 2.75) is 17.9 Å². The highest BCUT2D eigenvalue weighted by Crippen LogP contribution is 2.19. The number of aliphatic carboxylic acids is 1. The number of nitrogens with zero attached hydrogens (tertiary/aromatic N) is 4. The lowest BCUT2D eigenvalue weighted by molar-refractivity contribution is -0.138. The van der Waals surface area contributed by atoms with E-state index in [1.807, 2.05) is 0 Å². The first kappa shape index (κ1) is 15.1. The maximum atomic E-state index is 12.1. The molecular weight excluding hydrogens is 298 g/mol. The number of hydrogen-bond acceptors (Lipinski definition) is 6. The molecule has 0 radical (unpaired) electrons. The van der Waals surface area contributed by atoms with Crippen molar-refractivity contribution >= 4 is 16.0 Å². The van der Waals surface area contributed by atoms with Gasteiger partial charge in [-0.15, -0.1) is 5.10 Å². The fraction of sp³-hybridized carbons (Fsp3) is 0.273. The van der Waals surface area contributed by atoms with E-state index in [0.29, 0.717) is 11.4 Å². The summed E-state index contributed by atoms with van der Waals surface area (Å²) in [6, 6.07) is 4.71. The molecule has 112 valence electrons. The Morgan fingerprint density at radius 1 is 1.43 bits per heavy atom. The lowest BCUT2D eigenvalue weighted by Gasteiger charge is -2.10. The van der Waals surface area contributed by atoms with Crippen LogP contribution in [0.1, 0.15) is 6.92 Å². The molecule has 0 aliphatic rings. The number of rotatable bonds is 5. The van der Waals surface area contributed by atoms with Crippen molar-refractivity contribution < 1.29 is 18.3 Å². The van der Waals surface area contributed by atoms with Crippen LogP contribution in [0.5, 0.6) is 0 Å². The highest BCUT2D eigenvalue weighted by atomic mass is 32.2. The van der Waals surface area contributed by atoms with Crippen LogP contribution in [0.3, 0.4) is 0 Å².